The van der Waals surface area contributed by atoms with Crippen molar-refractivity contribution in [2.45, 2.75) is 50.5 Å². The van der Waals surface area contributed by atoms with E-state index in [1.54, 1.807) is 0 Å². The zero-order valence-corrected chi connectivity index (χ0v) is 15.0. The van der Waals surface area contributed by atoms with Crippen molar-refractivity contribution in [3.8, 4) is 0 Å². The van der Waals surface area contributed by atoms with Crippen molar-refractivity contribution in [2.24, 2.45) is 41.4 Å². The average molecular weight is 354 g/mol. The van der Waals surface area contributed by atoms with E-state index in [0.717, 1.165) is 43.4 Å². The van der Waals surface area contributed by atoms with Gasteiger partial charge in [0.05, 0.1) is 11.8 Å². The zero-order chi connectivity index (χ0) is 17.6. The lowest BCUT2D eigenvalue weighted by molar-refractivity contribution is -0.145. The molecule has 6 fully saturated rings. The molecule has 5 heteroatoms. The van der Waals surface area contributed by atoms with Crippen molar-refractivity contribution < 1.29 is 14.4 Å². The number of carbonyl (C=O) groups excluding carboxylic acids is 3. The highest BCUT2D eigenvalue weighted by Crippen LogP contribution is 2.56. The molecule has 0 unspecified atom stereocenters. The van der Waals surface area contributed by atoms with Crippen LogP contribution in [-0.4, -0.2) is 34.7 Å². The molecule has 0 aromatic rings. The Balaban J connectivity index is 1.17. The first-order chi connectivity index (χ1) is 12.5. The number of fused-ring (bicyclic) bond motifs is 5. The summed E-state index contributed by atoms with van der Waals surface area (Å²) in [4.78, 5) is 39.6. The summed E-state index contributed by atoms with van der Waals surface area (Å²) in [7, 11) is 0. The van der Waals surface area contributed by atoms with Crippen LogP contribution in [0.1, 0.15) is 44.9 Å². The normalized spacial score (nSPS) is 50.0. The third kappa shape index (κ3) is 2.00. The van der Waals surface area contributed by atoms with Gasteiger partial charge in [0.15, 0.2) is 0 Å². The number of likely N-dealkylation sites (tertiary alicyclic amines) is 1. The van der Waals surface area contributed by atoms with Crippen molar-refractivity contribution in [3.05, 3.63) is 12.2 Å². The van der Waals surface area contributed by atoms with Gasteiger partial charge in [-0.25, -0.2) is 0 Å². The van der Waals surface area contributed by atoms with Crippen molar-refractivity contribution >= 4 is 17.7 Å². The van der Waals surface area contributed by atoms with Crippen LogP contribution in [0.3, 0.4) is 0 Å². The van der Waals surface area contributed by atoms with Crippen LogP contribution in [0.15, 0.2) is 12.2 Å². The molecule has 4 atom stereocenters. The van der Waals surface area contributed by atoms with Crippen LogP contribution in [0.25, 0.3) is 0 Å². The van der Waals surface area contributed by atoms with E-state index in [0.29, 0.717) is 0 Å². The van der Waals surface area contributed by atoms with Gasteiger partial charge in [0.1, 0.15) is 6.54 Å². The van der Waals surface area contributed by atoms with Crippen LogP contribution >= 0.6 is 0 Å². The van der Waals surface area contributed by atoms with Gasteiger partial charge >= 0.3 is 0 Å². The van der Waals surface area contributed by atoms with Crippen LogP contribution in [0.5, 0.6) is 0 Å². The second-order valence-corrected chi connectivity index (χ2v) is 10.0. The van der Waals surface area contributed by atoms with Gasteiger partial charge in [0.25, 0.3) is 0 Å². The van der Waals surface area contributed by atoms with E-state index >= 15 is 0 Å². The molecule has 3 amide bonds. The Morgan fingerprint density at radius 1 is 0.923 bits per heavy atom. The molecule has 0 aromatic heterocycles. The highest BCUT2D eigenvalue weighted by molar-refractivity contribution is 6.08. The Hall–Kier alpha value is -1.65. The van der Waals surface area contributed by atoms with Crippen molar-refractivity contribution in [3.63, 3.8) is 0 Å². The Morgan fingerprint density at radius 2 is 1.42 bits per heavy atom. The summed E-state index contributed by atoms with van der Waals surface area (Å²) in [5.74, 6) is 1.93. The minimum atomic E-state index is -0.204. The molecule has 1 saturated heterocycles. The van der Waals surface area contributed by atoms with E-state index in [2.05, 4.69) is 17.5 Å². The number of rotatable bonds is 3. The number of nitrogens with zero attached hydrogens (tertiary/aromatic N) is 1. The largest absolute Gasteiger partial charge is 0.349 e. The molecule has 0 radical (unpaired) electrons. The molecular weight excluding hydrogens is 328 g/mol. The highest BCUT2D eigenvalue weighted by atomic mass is 16.2. The van der Waals surface area contributed by atoms with Gasteiger partial charge in [-0.15, -0.1) is 0 Å². The van der Waals surface area contributed by atoms with E-state index in [-0.39, 0.29) is 53.5 Å². The van der Waals surface area contributed by atoms with Gasteiger partial charge in [-0.1, -0.05) is 12.2 Å². The molecule has 6 aliphatic carbocycles. The summed E-state index contributed by atoms with van der Waals surface area (Å²) in [6.07, 6.45) is 12.4. The maximum Gasteiger partial charge on any atom is 0.240 e. The quantitative estimate of drug-likeness (QED) is 0.622. The van der Waals surface area contributed by atoms with E-state index in [4.69, 9.17) is 0 Å². The van der Waals surface area contributed by atoms with Gasteiger partial charge in [-0.2, -0.15) is 0 Å². The molecule has 5 nitrogen and oxygen atoms in total. The lowest BCUT2D eigenvalue weighted by atomic mass is 9.53. The van der Waals surface area contributed by atoms with Crippen molar-refractivity contribution in [1.82, 2.24) is 10.2 Å². The van der Waals surface area contributed by atoms with E-state index in [1.165, 1.54) is 24.2 Å². The first-order valence-corrected chi connectivity index (χ1v) is 10.4. The Labute approximate surface area is 153 Å². The number of imide groups is 1. The molecule has 7 rings (SSSR count). The number of carbonyl (C=O) groups is 3. The minimum Gasteiger partial charge on any atom is -0.349 e. The minimum absolute atomic E-state index is 0.0614. The summed E-state index contributed by atoms with van der Waals surface area (Å²) in [6.45, 7) is -0.0775. The van der Waals surface area contributed by atoms with Crippen LogP contribution in [-0.2, 0) is 14.4 Å². The third-order valence-corrected chi connectivity index (χ3v) is 8.31. The van der Waals surface area contributed by atoms with Crippen molar-refractivity contribution in [1.29, 1.82) is 0 Å². The number of amides is 3. The molecule has 5 saturated carbocycles. The molecule has 138 valence electrons. The predicted molar refractivity (Wildman–Crippen MR) is 93.5 cm³/mol. The van der Waals surface area contributed by atoms with Gasteiger partial charge in [-0.3, -0.25) is 19.3 Å². The molecule has 1 heterocycles. The molecule has 6 bridgehead atoms. The second-order valence-electron chi connectivity index (χ2n) is 10.0. The van der Waals surface area contributed by atoms with E-state index in [1.807, 2.05) is 0 Å². The monoisotopic (exact) mass is 354 g/mol. The van der Waals surface area contributed by atoms with Gasteiger partial charge in [-0.05, 0) is 74.5 Å². The average Bonchev–Trinajstić information content (AvgIpc) is 3.23. The third-order valence-electron chi connectivity index (χ3n) is 8.31. The molecular formula is C21H26N2O3. The standard InChI is InChI=1S/C21H26N2O3/c24-16(22-21-7-11-3-12(8-21)5-13(4-11)9-21)10-23-19(25)17-14-1-2-15(6-14)18(17)20(23)26/h1-2,11-15,17-18H,3-10H2,(H,22,24)/t11?,12?,13?,14-,15-,17-,18+,21?/m0/s1. The Kier molecular flexibility index (Phi) is 2.96. The second kappa shape index (κ2) is 4.99. The lowest BCUT2D eigenvalue weighted by Gasteiger charge is -2.57. The van der Waals surface area contributed by atoms with Gasteiger partial charge in [0, 0.05) is 5.54 Å². The van der Waals surface area contributed by atoms with E-state index < -0.39 is 0 Å². The Morgan fingerprint density at radius 3 is 1.92 bits per heavy atom. The van der Waals surface area contributed by atoms with Crippen LogP contribution in [0.2, 0.25) is 0 Å². The number of hydrogen-bond donors (Lipinski definition) is 1. The maximum atomic E-state index is 12.8. The zero-order valence-electron chi connectivity index (χ0n) is 15.0. The summed E-state index contributed by atoms with van der Waals surface area (Å²) in [5.41, 5.74) is -0.0614. The summed E-state index contributed by atoms with van der Waals surface area (Å²) in [6, 6.07) is 0. The van der Waals surface area contributed by atoms with Crippen LogP contribution < -0.4 is 5.32 Å². The van der Waals surface area contributed by atoms with Crippen molar-refractivity contribution in [2.75, 3.05) is 6.54 Å². The fourth-order valence-electron chi connectivity index (χ4n) is 7.86. The van der Waals surface area contributed by atoms with Crippen LogP contribution in [0.4, 0.5) is 0 Å². The SMILES string of the molecule is O=C(CN1C(=O)[C@@H]2[C@H](C1=O)[C@H]1C=C[C@H]2C1)NC12CC3CC(CC(C3)C1)C2. The maximum absolute atomic E-state index is 12.8. The summed E-state index contributed by atoms with van der Waals surface area (Å²) >= 11 is 0. The molecule has 26 heavy (non-hydrogen) atoms. The predicted octanol–water partition coefficient (Wildman–Crippen LogP) is 1.88. The Bertz CT molecular complexity index is 676. The first kappa shape index (κ1) is 15.4. The fraction of sp³-hybridized carbons (Fsp3) is 0.762. The summed E-state index contributed by atoms with van der Waals surface area (Å²) < 4.78 is 0. The first-order valence-electron chi connectivity index (χ1n) is 10.4. The number of hydrogen-bond acceptors (Lipinski definition) is 3. The molecule has 1 aliphatic heterocycles. The highest BCUT2D eigenvalue weighted by Gasteiger charge is 2.59. The fourth-order valence-corrected chi connectivity index (χ4v) is 7.86. The molecule has 0 spiro atoms. The summed E-state index contributed by atoms with van der Waals surface area (Å²) in [5, 5.41) is 3.30. The van der Waals surface area contributed by atoms with Gasteiger partial charge in [0.2, 0.25) is 17.7 Å². The van der Waals surface area contributed by atoms with E-state index in [9.17, 15) is 14.4 Å². The smallest absolute Gasteiger partial charge is 0.240 e. The number of allylic oxidation sites excluding steroid dienone is 2. The molecule has 7 aliphatic rings. The topological polar surface area (TPSA) is 66.5 Å². The molecule has 0 aromatic carbocycles. The molecule has 1 N–H and O–H groups in total. The number of nitrogens with one attached hydrogen (secondary N) is 1. The van der Waals surface area contributed by atoms with Gasteiger partial charge < -0.3 is 5.32 Å². The lowest BCUT2D eigenvalue weighted by Crippen LogP contribution is -2.61. The van der Waals surface area contributed by atoms with Crippen LogP contribution in [0, 0.1) is 41.4 Å².